The van der Waals surface area contributed by atoms with E-state index in [4.69, 9.17) is 4.74 Å². The fourth-order valence-corrected chi connectivity index (χ4v) is 5.05. The van der Waals surface area contributed by atoms with E-state index >= 15 is 0 Å². The smallest absolute Gasteiger partial charge is 0.254 e. The Morgan fingerprint density at radius 3 is 2.29 bits per heavy atom. The van der Waals surface area contributed by atoms with Crippen molar-refractivity contribution in [3.05, 3.63) is 59.7 Å². The number of carbonyl (C=O) groups excluding carboxylic acids is 1. The molecule has 0 aliphatic carbocycles. The molecule has 0 radical (unpaired) electrons. The van der Waals surface area contributed by atoms with Crippen LogP contribution in [-0.2, 0) is 16.4 Å². The molecule has 2 saturated heterocycles. The van der Waals surface area contributed by atoms with Crippen LogP contribution in [0.1, 0.15) is 41.6 Å². The van der Waals surface area contributed by atoms with Crippen LogP contribution in [0.4, 0.5) is 0 Å². The molecule has 1 amide bonds. The van der Waals surface area contributed by atoms with Crippen molar-refractivity contribution in [1.29, 1.82) is 0 Å². The fourth-order valence-electron chi connectivity index (χ4n) is 4.42. The lowest BCUT2D eigenvalue weighted by Gasteiger charge is -2.28. The molecule has 166 valence electrons. The second-order valence-electron chi connectivity index (χ2n) is 8.53. The van der Waals surface area contributed by atoms with Gasteiger partial charge in [-0.2, -0.15) is 0 Å². The summed E-state index contributed by atoms with van der Waals surface area (Å²) in [6.07, 6.45) is 5.89. The van der Waals surface area contributed by atoms with Crippen molar-refractivity contribution >= 4 is 15.7 Å². The second kappa shape index (κ2) is 9.40. The molecule has 2 heterocycles. The standard InChI is InChI=1S/C24H30N2O4S/c1-31(28,29)23-12-6-19(7-13-23)18-30-22-10-8-20(9-11-22)24(27)26-16-4-5-21(26)17-25-14-2-3-15-25/h6-13,21H,2-5,14-18H2,1H3/t21-/m0/s1. The first-order valence-electron chi connectivity index (χ1n) is 11.0. The Morgan fingerprint density at radius 1 is 0.968 bits per heavy atom. The summed E-state index contributed by atoms with van der Waals surface area (Å²) in [4.78, 5) is 17.9. The Balaban J connectivity index is 1.33. The SMILES string of the molecule is CS(=O)(=O)c1ccc(COc2ccc(C(=O)N3CCC[C@H]3CN3CCCC3)cc2)cc1. The molecule has 0 N–H and O–H groups in total. The Kier molecular flexibility index (Phi) is 6.62. The highest BCUT2D eigenvalue weighted by molar-refractivity contribution is 7.90. The number of ether oxygens (including phenoxy) is 1. The zero-order chi connectivity index (χ0) is 21.8. The monoisotopic (exact) mass is 442 g/mol. The summed E-state index contributed by atoms with van der Waals surface area (Å²) in [6, 6.07) is 14.3. The molecule has 0 aromatic heterocycles. The van der Waals surface area contributed by atoms with Crippen LogP contribution in [0.25, 0.3) is 0 Å². The van der Waals surface area contributed by atoms with Gasteiger partial charge < -0.3 is 14.5 Å². The van der Waals surface area contributed by atoms with Crippen molar-refractivity contribution in [3.63, 3.8) is 0 Å². The molecule has 7 heteroatoms. The van der Waals surface area contributed by atoms with Crippen LogP contribution in [0.3, 0.4) is 0 Å². The molecule has 2 aliphatic rings. The Labute approximate surface area is 184 Å². The van der Waals surface area contributed by atoms with Gasteiger partial charge in [-0.15, -0.1) is 0 Å². The minimum atomic E-state index is -3.20. The molecule has 2 aromatic rings. The predicted octanol–water partition coefficient (Wildman–Crippen LogP) is 3.37. The van der Waals surface area contributed by atoms with Crippen molar-refractivity contribution in [3.8, 4) is 5.75 Å². The lowest BCUT2D eigenvalue weighted by atomic mass is 10.1. The van der Waals surface area contributed by atoms with Crippen LogP contribution in [0, 0.1) is 0 Å². The number of rotatable bonds is 7. The van der Waals surface area contributed by atoms with Crippen molar-refractivity contribution in [2.45, 2.75) is 43.2 Å². The molecule has 2 fully saturated rings. The highest BCUT2D eigenvalue weighted by Crippen LogP contribution is 2.24. The first-order chi connectivity index (χ1) is 14.9. The van der Waals surface area contributed by atoms with Crippen molar-refractivity contribution in [2.75, 3.05) is 32.4 Å². The molecule has 2 aliphatic heterocycles. The summed E-state index contributed by atoms with van der Waals surface area (Å²) in [5.74, 6) is 0.781. The molecule has 0 spiro atoms. The van der Waals surface area contributed by atoms with Gasteiger partial charge in [0, 0.05) is 31.0 Å². The van der Waals surface area contributed by atoms with Gasteiger partial charge in [0.05, 0.1) is 4.90 Å². The van der Waals surface area contributed by atoms with E-state index in [1.54, 1.807) is 24.3 Å². The Morgan fingerprint density at radius 2 is 1.65 bits per heavy atom. The van der Waals surface area contributed by atoms with Gasteiger partial charge in [-0.05, 0) is 80.7 Å². The lowest BCUT2D eigenvalue weighted by Crippen LogP contribution is -2.42. The maximum absolute atomic E-state index is 13.1. The van der Waals surface area contributed by atoms with Crippen molar-refractivity contribution in [1.82, 2.24) is 9.80 Å². The summed E-state index contributed by atoms with van der Waals surface area (Å²) in [5, 5.41) is 0. The number of hydrogen-bond acceptors (Lipinski definition) is 5. The second-order valence-corrected chi connectivity index (χ2v) is 10.5. The highest BCUT2D eigenvalue weighted by Gasteiger charge is 2.31. The van der Waals surface area contributed by atoms with Crippen LogP contribution in [0.2, 0.25) is 0 Å². The van der Waals surface area contributed by atoms with Crippen LogP contribution in [0.15, 0.2) is 53.4 Å². The Bertz CT molecular complexity index is 997. The summed E-state index contributed by atoms with van der Waals surface area (Å²) < 4.78 is 28.9. The number of likely N-dealkylation sites (tertiary alicyclic amines) is 2. The zero-order valence-electron chi connectivity index (χ0n) is 18.0. The molecule has 1 atom stereocenters. The summed E-state index contributed by atoms with van der Waals surface area (Å²) in [6.45, 7) is 4.47. The number of hydrogen-bond donors (Lipinski definition) is 0. The Hall–Kier alpha value is -2.38. The van der Waals surface area contributed by atoms with E-state index in [0.717, 1.165) is 44.6 Å². The van der Waals surface area contributed by atoms with Crippen molar-refractivity contribution in [2.24, 2.45) is 0 Å². The quantitative estimate of drug-likeness (QED) is 0.658. The number of amides is 1. The largest absolute Gasteiger partial charge is 0.489 e. The van der Waals surface area contributed by atoms with E-state index < -0.39 is 9.84 Å². The number of carbonyl (C=O) groups is 1. The summed E-state index contributed by atoms with van der Waals surface area (Å²) >= 11 is 0. The maximum Gasteiger partial charge on any atom is 0.254 e. The van der Waals surface area contributed by atoms with E-state index in [1.165, 1.54) is 19.1 Å². The third-order valence-corrected chi connectivity index (χ3v) is 7.29. The van der Waals surface area contributed by atoms with E-state index in [-0.39, 0.29) is 5.91 Å². The minimum Gasteiger partial charge on any atom is -0.489 e. The molecule has 0 saturated carbocycles. The normalized spacial score (nSPS) is 19.6. The topological polar surface area (TPSA) is 66.9 Å². The average Bonchev–Trinajstić information content (AvgIpc) is 3.44. The van der Waals surface area contributed by atoms with Crippen LogP contribution >= 0.6 is 0 Å². The third kappa shape index (κ3) is 5.46. The van der Waals surface area contributed by atoms with E-state index in [1.807, 2.05) is 29.2 Å². The van der Waals surface area contributed by atoms with E-state index in [0.29, 0.717) is 28.9 Å². The van der Waals surface area contributed by atoms with E-state index in [9.17, 15) is 13.2 Å². The first-order valence-corrected chi connectivity index (χ1v) is 12.8. The molecule has 2 aromatic carbocycles. The third-order valence-electron chi connectivity index (χ3n) is 6.16. The fraction of sp³-hybridized carbons (Fsp3) is 0.458. The molecule has 0 bridgehead atoms. The number of benzene rings is 2. The van der Waals surface area contributed by atoms with Crippen LogP contribution in [-0.4, -0.2) is 62.6 Å². The lowest BCUT2D eigenvalue weighted by molar-refractivity contribution is 0.0708. The molecule has 0 unspecified atom stereocenters. The van der Waals surface area contributed by atoms with Gasteiger partial charge in [-0.25, -0.2) is 8.42 Å². The highest BCUT2D eigenvalue weighted by atomic mass is 32.2. The molecular formula is C24H30N2O4S. The van der Waals surface area contributed by atoms with Gasteiger partial charge in [0.1, 0.15) is 12.4 Å². The number of nitrogens with zero attached hydrogens (tertiary/aromatic N) is 2. The molecule has 6 nitrogen and oxygen atoms in total. The van der Waals surface area contributed by atoms with Gasteiger partial charge in [0.25, 0.3) is 5.91 Å². The predicted molar refractivity (Wildman–Crippen MR) is 120 cm³/mol. The molecule has 31 heavy (non-hydrogen) atoms. The van der Waals surface area contributed by atoms with Crippen molar-refractivity contribution < 1.29 is 17.9 Å². The summed E-state index contributed by atoms with van der Waals surface area (Å²) in [5.41, 5.74) is 1.58. The average molecular weight is 443 g/mol. The van der Waals surface area contributed by atoms with Crippen LogP contribution < -0.4 is 4.74 Å². The van der Waals surface area contributed by atoms with Crippen LogP contribution in [0.5, 0.6) is 5.75 Å². The maximum atomic E-state index is 13.1. The first kappa shape index (κ1) is 21.8. The minimum absolute atomic E-state index is 0.101. The number of sulfone groups is 1. The van der Waals surface area contributed by atoms with E-state index in [2.05, 4.69) is 4.90 Å². The van der Waals surface area contributed by atoms with Gasteiger partial charge in [0.15, 0.2) is 9.84 Å². The molecule has 4 rings (SSSR count). The van der Waals surface area contributed by atoms with Gasteiger partial charge in [-0.3, -0.25) is 4.79 Å². The van der Waals surface area contributed by atoms with Gasteiger partial charge in [-0.1, -0.05) is 12.1 Å². The van der Waals surface area contributed by atoms with Gasteiger partial charge >= 0.3 is 0 Å². The molecular weight excluding hydrogens is 412 g/mol. The zero-order valence-corrected chi connectivity index (χ0v) is 18.8. The summed E-state index contributed by atoms with van der Waals surface area (Å²) in [7, 11) is -3.20. The van der Waals surface area contributed by atoms with Gasteiger partial charge in [0.2, 0.25) is 0 Å².